The SMILES string of the molecule is C=CCCCO[C@@H]1O[C@H](CO)[C@@H](O[C@@H]2O[C@H](CO)[C@@H]3OC(C)(C)O[C@@H]3[C@H]2O)[C@H](O)[C@H]1O. The van der Waals surface area contributed by atoms with Crippen molar-refractivity contribution in [2.45, 2.75) is 93.9 Å². The number of aliphatic hydroxyl groups is 5. The summed E-state index contributed by atoms with van der Waals surface area (Å²) in [7, 11) is 0. The van der Waals surface area contributed by atoms with Crippen molar-refractivity contribution in [1.82, 2.24) is 0 Å². The van der Waals surface area contributed by atoms with E-state index in [-0.39, 0.29) is 6.61 Å². The Morgan fingerprint density at radius 2 is 1.55 bits per heavy atom. The van der Waals surface area contributed by atoms with Gasteiger partial charge in [0.15, 0.2) is 18.4 Å². The molecule has 0 aliphatic carbocycles. The Bertz CT molecular complexity index is 585. The first-order valence-electron chi connectivity index (χ1n) is 10.5. The molecule has 0 spiro atoms. The highest BCUT2D eigenvalue weighted by Gasteiger charge is 2.56. The highest BCUT2D eigenvalue weighted by atomic mass is 16.8. The van der Waals surface area contributed by atoms with E-state index in [0.29, 0.717) is 12.8 Å². The van der Waals surface area contributed by atoms with Crippen LogP contribution in [0.3, 0.4) is 0 Å². The van der Waals surface area contributed by atoms with Crippen LogP contribution in [-0.4, -0.2) is 113 Å². The number of allylic oxidation sites excluding steroid dienone is 1. The second-order valence-corrected chi connectivity index (χ2v) is 8.39. The summed E-state index contributed by atoms with van der Waals surface area (Å²) < 4.78 is 33.9. The van der Waals surface area contributed by atoms with E-state index in [9.17, 15) is 25.5 Å². The summed E-state index contributed by atoms with van der Waals surface area (Å²) in [4.78, 5) is 0. The number of fused-ring (bicyclic) bond motifs is 1. The Kier molecular flexibility index (Phi) is 8.44. The molecule has 3 saturated heterocycles. The van der Waals surface area contributed by atoms with E-state index < -0.39 is 80.4 Å². The monoisotopic (exact) mass is 450 g/mol. The summed E-state index contributed by atoms with van der Waals surface area (Å²) in [5, 5.41) is 51.2. The molecule has 3 rings (SSSR count). The van der Waals surface area contributed by atoms with Gasteiger partial charge in [0.25, 0.3) is 0 Å². The molecule has 10 atom stereocenters. The van der Waals surface area contributed by atoms with Crippen LogP contribution in [0.1, 0.15) is 26.7 Å². The zero-order chi connectivity index (χ0) is 22.8. The Morgan fingerprint density at radius 3 is 2.19 bits per heavy atom. The predicted octanol–water partition coefficient (Wildman–Crippen LogP) is -1.61. The van der Waals surface area contributed by atoms with Gasteiger partial charge in [0.2, 0.25) is 0 Å². The lowest BCUT2D eigenvalue weighted by atomic mass is 9.97. The Balaban J connectivity index is 1.67. The second kappa shape index (κ2) is 10.5. The van der Waals surface area contributed by atoms with Gasteiger partial charge in [0.1, 0.15) is 48.8 Å². The normalized spacial score (nSPS) is 44.7. The predicted molar refractivity (Wildman–Crippen MR) is 104 cm³/mol. The van der Waals surface area contributed by atoms with Gasteiger partial charge < -0.3 is 54.0 Å². The first-order valence-corrected chi connectivity index (χ1v) is 10.5. The van der Waals surface area contributed by atoms with Crippen LogP contribution in [0.5, 0.6) is 0 Å². The summed E-state index contributed by atoms with van der Waals surface area (Å²) in [6, 6.07) is 0. The molecule has 11 heteroatoms. The van der Waals surface area contributed by atoms with Crippen molar-refractivity contribution < 1.29 is 54.0 Å². The van der Waals surface area contributed by atoms with Crippen molar-refractivity contribution in [1.29, 1.82) is 0 Å². The average Bonchev–Trinajstić information content (AvgIpc) is 3.07. The molecule has 31 heavy (non-hydrogen) atoms. The van der Waals surface area contributed by atoms with Crippen molar-refractivity contribution in [3.05, 3.63) is 12.7 Å². The lowest BCUT2D eigenvalue weighted by molar-refractivity contribution is -0.353. The third-order valence-electron chi connectivity index (χ3n) is 5.58. The van der Waals surface area contributed by atoms with Gasteiger partial charge in [-0.05, 0) is 26.7 Å². The van der Waals surface area contributed by atoms with E-state index in [2.05, 4.69) is 6.58 Å². The standard InChI is InChI=1S/C20H34O11/c1-4-5-6-7-26-18-13(24)12(23)15(10(8-21)27-18)29-19-14(25)17-16(11(9-22)28-19)30-20(2,3)31-17/h4,10-19,21-25H,1,5-9H2,2-3H3/t10-,11-,12-,13-,14-,15-,16+,17-,18-,19+/m1/s1. The molecule has 180 valence electrons. The molecule has 3 aliphatic rings. The molecule has 0 unspecified atom stereocenters. The van der Waals surface area contributed by atoms with E-state index >= 15 is 0 Å². The zero-order valence-corrected chi connectivity index (χ0v) is 17.8. The summed E-state index contributed by atoms with van der Waals surface area (Å²) >= 11 is 0. The largest absolute Gasteiger partial charge is 0.394 e. The van der Waals surface area contributed by atoms with Gasteiger partial charge in [0, 0.05) is 0 Å². The number of unbranched alkanes of at least 4 members (excludes halogenated alkanes) is 1. The molecule has 3 fully saturated rings. The van der Waals surface area contributed by atoms with Gasteiger partial charge in [-0.2, -0.15) is 0 Å². The van der Waals surface area contributed by atoms with Crippen molar-refractivity contribution in [2.75, 3.05) is 19.8 Å². The van der Waals surface area contributed by atoms with Crippen molar-refractivity contribution >= 4 is 0 Å². The van der Waals surface area contributed by atoms with Gasteiger partial charge in [0.05, 0.1) is 19.8 Å². The van der Waals surface area contributed by atoms with Crippen LogP contribution < -0.4 is 0 Å². The van der Waals surface area contributed by atoms with Crippen LogP contribution >= 0.6 is 0 Å². The molecule has 0 amide bonds. The average molecular weight is 450 g/mol. The maximum atomic E-state index is 10.7. The van der Waals surface area contributed by atoms with Crippen LogP contribution in [0.15, 0.2) is 12.7 Å². The quantitative estimate of drug-likeness (QED) is 0.203. The molecule has 0 aromatic rings. The maximum absolute atomic E-state index is 10.7. The molecular weight excluding hydrogens is 416 g/mol. The maximum Gasteiger partial charge on any atom is 0.187 e. The minimum absolute atomic E-state index is 0.267. The van der Waals surface area contributed by atoms with E-state index in [4.69, 9.17) is 28.4 Å². The van der Waals surface area contributed by atoms with Crippen LogP contribution in [0.2, 0.25) is 0 Å². The van der Waals surface area contributed by atoms with Gasteiger partial charge in [-0.15, -0.1) is 6.58 Å². The zero-order valence-electron chi connectivity index (χ0n) is 17.8. The molecule has 3 heterocycles. The Morgan fingerprint density at radius 1 is 0.903 bits per heavy atom. The lowest BCUT2D eigenvalue weighted by Gasteiger charge is -2.45. The Hall–Kier alpha value is -0.700. The molecule has 11 nitrogen and oxygen atoms in total. The number of hydrogen-bond acceptors (Lipinski definition) is 11. The van der Waals surface area contributed by atoms with E-state index in [1.165, 1.54) is 0 Å². The fourth-order valence-electron chi connectivity index (χ4n) is 4.05. The van der Waals surface area contributed by atoms with E-state index in [0.717, 1.165) is 0 Å². The first kappa shape index (κ1) is 24.9. The molecule has 0 radical (unpaired) electrons. The molecule has 5 N–H and O–H groups in total. The Labute approximate surface area is 181 Å². The summed E-state index contributed by atoms with van der Waals surface area (Å²) in [6.07, 6.45) is -8.34. The molecular formula is C20H34O11. The molecule has 0 saturated carbocycles. The van der Waals surface area contributed by atoms with Crippen molar-refractivity contribution in [2.24, 2.45) is 0 Å². The summed E-state index contributed by atoms with van der Waals surface area (Å²) in [5.74, 6) is -0.991. The van der Waals surface area contributed by atoms with Gasteiger partial charge in [-0.25, -0.2) is 0 Å². The minimum atomic E-state index is -1.49. The first-order chi connectivity index (χ1) is 14.7. The third-order valence-corrected chi connectivity index (χ3v) is 5.58. The third kappa shape index (κ3) is 5.45. The van der Waals surface area contributed by atoms with Crippen molar-refractivity contribution in [3.8, 4) is 0 Å². The molecule has 0 bridgehead atoms. The van der Waals surface area contributed by atoms with E-state index in [1.54, 1.807) is 19.9 Å². The van der Waals surface area contributed by atoms with Gasteiger partial charge >= 0.3 is 0 Å². The highest BCUT2D eigenvalue weighted by Crippen LogP contribution is 2.38. The number of ether oxygens (including phenoxy) is 6. The van der Waals surface area contributed by atoms with Gasteiger partial charge in [-0.1, -0.05) is 6.08 Å². The minimum Gasteiger partial charge on any atom is -0.394 e. The van der Waals surface area contributed by atoms with Crippen LogP contribution in [0.25, 0.3) is 0 Å². The molecule has 0 aromatic carbocycles. The van der Waals surface area contributed by atoms with Crippen LogP contribution in [-0.2, 0) is 28.4 Å². The van der Waals surface area contributed by atoms with Gasteiger partial charge in [-0.3, -0.25) is 0 Å². The number of hydrogen-bond donors (Lipinski definition) is 5. The number of rotatable bonds is 9. The van der Waals surface area contributed by atoms with Crippen molar-refractivity contribution in [3.63, 3.8) is 0 Å². The summed E-state index contributed by atoms with van der Waals surface area (Å²) in [5.41, 5.74) is 0. The molecule has 3 aliphatic heterocycles. The highest BCUT2D eigenvalue weighted by molar-refractivity contribution is 4.98. The summed E-state index contributed by atoms with van der Waals surface area (Å²) in [6.45, 7) is 6.29. The smallest absolute Gasteiger partial charge is 0.187 e. The van der Waals surface area contributed by atoms with E-state index in [1.807, 2.05) is 0 Å². The fraction of sp³-hybridized carbons (Fsp3) is 0.900. The topological polar surface area (TPSA) is 157 Å². The van der Waals surface area contributed by atoms with Crippen LogP contribution in [0.4, 0.5) is 0 Å². The second-order valence-electron chi connectivity index (χ2n) is 8.39. The lowest BCUT2D eigenvalue weighted by Crippen LogP contribution is -2.64. The molecule has 0 aromatic heterocycles. The van der Waals surface area contributed by atoms with Crippen LogP contribution in [0, 0.1) is 0 Å². The number of aliphatic hydroxyl groups excluding tert-OH is 5. The fourth-order valence-corrected chi connectivity index (χ4v) is 4.05.